The zero-order chi connectivity index (χ0) is 19.1. The summed E-state index contributed by atoms with van der Waals surface area (Å²) in [6, 6.07) is 15.6. The minimum atomic E-state index is 0.107. The van der Waals surface area contributed by atoms with Gasteiger partial charge in [0.05, 0.1) is 6.61 Å². The summed E-state index contributed by atoms with van der Waals surface area (Å²) in [6.45, 7) is 4.44. The Morgan fingerprint density at radius 3 is 2.56 bits per heavy atom. The van der Waals surface area contributed by atoms with Gasteiger partial charge in [-0.05, 0) is 61.2 Å². The predicted octanol–water partition coefficient (Wildman–Crippen LogP) is 5.93. The molecule has 1 amide bonds. The minimum Gasteiger partial charge on any atom is -0.494 e. The molecule has 0 saturated carbocycles. The number of unbranched alkanes of at least 4 members (excludes halogenated alkanes) is 1. The molecule has 1 atom stereocenters. The molecule has 2 aromatic rings. The third kappa shape index (κ3) is 5.49. The van der Waals surface area contributed by atoms with Crippen molar-refractivity contribution in [2.45, 2.75) is 44.9 Å². The topological polar surface area (TPSA) is 29.5 Å². The van der Waals surface area contributed by atoms with Gasteiger partial charge in [-0.1, -0.05) is 43.5 Å². The second-order valence-electron chi connectivity index (χ2n) is 7.22. The SMILES string of the molecule is CCCCOc1ccc(C(=O)N2CCCCC(c3ccc(Cl)cc3)C2)cc1. The lowest BCUT2D eigenvalue weighted by Crippen LogP contribution is -2.34. The molecular formula is C23H28ClNO2. The average Bonchev–Trinajstić information content (AvgIpc) is 2.95. The molecule has 3 nitrogen and oxygen atoms in total. The largest absolute Gasteiger partial charge is 0.494 e. The van der Waals surface area contributed by atoms with E-state index < -0.39 is 0 Å². The van der Waals surface area contributed by atoms with Crippen LogP contribution in [0.15, 0.2) is 48.5 Å². The maximum atomic E-state index is 13.0. The van der Waals surface area contributed by atoms with Crippen LogP contribution in [0.3, 0.4) is 0 Å². The standard InChI is InChI=1S/C23H28ClNO2/c1-2-3-16-27-22-13-9-19(10-14-22)23(26)25-15-5-4-6-20(17-25)18-7-11-21(24)12-8-18/h7-14,20H,2-6,15-17H2,1H3. The number of rotatable bonds is 6. The van der Waals surface area contributed by atoms with Gasteiger partial charge in [-0.25, -0.2) is 0 Å². The second kappa shape index (κ2) is 9.80. The fourth-order valence-electron chi connectivity index (χ4n) is 3.54. The minimum absolute atomic E-state index is 0.107. The van der Waals surface area contributed by atoms with E-state index in [2.05, 4.69) is 19.1 Å². The summed E-state index contributed by atoms with van der Waals surface area (Å²) in [5.41, 5.74) is 1.99. The van der Waals surface area contributed by atoms with Crippen molar-refractivity contribution in [3.8, 4) is 5.75 Å². The molecule has 27 heavy (non-hydrogen) atoms. The Kier molecular flexibility index (Phi) is 7.17. The van der Waals surface area contributed by atoms with Crippen LogP contribution in [0.2, 0.25) is 5.02 Å². The Morgan fingerprint density at radius 2 is 1.85 bits per heavy atom. The van der Waals surface area contributed by atoms with E-state index in [1.54, 1.807) is 0 Å². The maximum absolute atomic E-state index is 13.0. The molecule has 1 saturated heterocycles. The Hall–Kier alpha value is -2.00. The van der Waals surface area contributed by atoms with Gasteiger partial charge in [-0.3, -0.25) is 4.79 Å². The smallest absolute Gasteiger partial charge is 0.253 e. The molecule has 0 aromatic heterocycles. The van der Waals surface area contributed by atoms with E-state index >= 15 is 0 Å². The summed E-state index contributed by atoms with van der Waals surface area (Å²) in [7, 11) is 0. The highest BCUT2D eigenvalue weighted by Crippen LogP contribution is 2.28. The molecule has 0 radical (unpaired) electrons. The number of carbonyl (C=O) groups excluding carboxylic acids is 1. The van der Waals surface area contributed by atoms with E-state index in [1.807, 2.05) is 41.3 Å². The number of amides is 1. The predicted molar refractivity (Wildman–Crippen MR) is 111 cm³/mol. The fraction of sp³-hybridized carbons (Fsp3) is 0.435. The normalized spacial score (nSPS) is 17.4. The van der Waals surface area contributed by atoms with Crippen LogP contribution in [-0.4, -0.2) is 30.5 Å². The van der Waals surface area contributed by atoms with Gasteiger partial charge in [0.25, 0.3) is 5.91 Å². The second-order valence-corrected chi connectivity index (χ2v) is 7.66. The van der Waals surface area contributed by atoms with Crippen LogP contribution >= 0.6 is 11.6 Å². The molecule has 1 unspecified atom stereocenters. The number of halogens is 1. The van der Waals surface area contributed by atoms with Crippen LogP contribution in [0.4, 0.5) is 0 Å². The highest BCUT2D eigenvalue weighted by atomic mass is 35.5. The molecule has 0 N–H and O–H groups in total. The van der Waals surface area contributed by atoms with Crippen LogP contribution in [-0.2, 0) is 0 Å². The molecule has 1 fully saturated rings. The molecule has 0 spiro atoms. The number of benzene rings is 2. The van der Waals surface area contributed by atoms with E-state index in [1.165, 1.54) is 5.56 Å². The van der Waals surface area contributed by atoms with Crippen molar-refractivity contribution >= 4 is 17.5 Å². The van der Waals surface area contributed by atoms with Crippen LogP contribution in [0.1, 0.15) is 60.9 Å². The summed E-state index contributed by atoms with van der Waals surface area (Å²) in [4.78, 5) is 15.0. The molecule has 0 bridgehead atoms. The van der Waals surface area contributed by atoms with Crippen LogP contribution in [0.5, 0.6) is 5.75 Å². The van der Waals surface area contributed by atoms with Gasteiger partial charge in [0, 0.05) is 29.6 Å². The molecule has 2 aromatic carbocycles. The molecule has 4 heteroatoms. The number of likely N-dealkylation sites (tertiary alicyclic amines) is 1. The van der Waals surface area contributed by atoms with Crippen LogP contribution in [0.25, 0.3) is 0 Å². The monoisotopic (exact) mass is 385 g/mol. The first-order chi connectivity index (χ1) is 13.2. The van der Waals surface area contributed by atoms with Gasteiger partial charge < -0.3 is 9.64 Å². The number of ether oxygens (including phenoxy) is 1. The lowest BCUT2D eigenvalue weighted by atomic mass is 9.94. The van der Waals surface area contributed by atoms with E-state index in [4.69, 9.17) is 16.3 Å². The van der Waals surface area contributed by atoms with Crippen molar-refractivity contribution in [1.29, 1.82) is 0 Å². The summed E-state index contributed by atoms with van der Waals surface area (Å²) < 4.78 is 5.70. The lowest BCUT2D eigenvalue weighted by molar-refractivity contribution is 0.0754. The van der Waals surface area contributed by atoms with Gasteiger partial charge in [0.2, 0.25) is 0 Å². The summed E-state index contributed by atoms with van der Waals surface area (Å²) >= 11 is 6.02. The van der Waals surface area contributed by atoms with Crippen molar-refractivity contribution in [3.63, 3.8) is 0 Å². The first-order valence-corrected chi connectivity index (χ1v) is 10.3. The van der Waals surface area contributed by atoms with Gasteiger partial charge in [-0.2, -0.15) is 0 Å². The lowest BCUT2D eigenvalue weighted by Gasteiger charge is -2.25. The van der Waals surface area contributed by atoms with Crippen LogP contribution < -0.4 is 4.74 Å². The van der Waals surface area contributed by atoms with Crippen molar-refractivity contribution in [2.24, 2.45) is 0 Å². The Balaban J connectivity index is 1.66. The quantitative estimate of drug-likeness (QED) is 0.577. The molecule has 0 aliphatic carbocycles. The number of hydrogen-bond donors (Lipinski definition) is 0. The van der Waals surface area contributed by atoms with Gasteiger partial charge in [-0.15, -0.1) is 0 Å². The first-order valence-electron chi connectivity index (χ1n) is 9.95. The Bertz CT molecular complexity index is 727. The third-order valence-electron chi connectivity index (χ3n) is 5.17. The molecule has 3 rings (SSSR count). The Morgan fingerprint density at radius 1 is 1.11 bits per heavy atom. The van der Waals surface area contributed by atoms with Gasteiger partial charge >= 0.3 is 0 Å². The number of nitrogens with zero attached hydrogens (tertiary/aromatic N) is 1. The third-order valence-corrected chi connectivity index (χ3v) is 5.42. The summed E-state index contributed by atoms with van der Waals surface area (Å²) in [5, 5.41) is 0.751. The number of carbonyl (C=O) groups is 1. The zero-order valence-corrected chi connectivity index (χ0v) is 16.8. The van der Waals surface area contributed by atoms with Gasteiger partial charge in [0.15, 0.2) is 0 Å². The molecule has 1 heterocycles. The van der Waals surface area contributed by atoms with Crippen molar-refractivity contribution in [1.82, 2.24) is 4.90 Å². The van der Waals surface area contributed by atoms with E-state index in [0.29, 0.717) is 5.92 Å². The summed E-state index contributed by atoms with van der Waals surface area (Å²) in [5.74, 6) is 1.30. The molecule has 1 aliphatic rings. The van der Waals surface area contributed by atoms with E-state index in [9.17, 15) is 4.79 Å². The first kappa shape index (κ1) is 19.8. The summed E-state index contributed by atoms with van der Waals surface area (Å²) in [6.07, 6.45) is 5.45. The number of hydrogen-bond acceptors (Lipinski definition) is 2. The molecule has 1 aliphatic heterocycles. The van der Waals surface area contributed by atoms with Crippen molar-refractivity contribution in [3.05, 3.63) is 64.7 Å². The highest BCUT2D eigenvalue weighted by Gasteiger charge is 2.24. The van der Waals surface area contributed by atoms with Crippen LogP contribution in [0, 0.1) is 0 Å². The zero-order valence-electron chi connectivity index (χ0n) is 16.0. The highest BCUT2D eigenvalue weighted by molar-refractivity contribution is 6.30. The van der Waals surface area contributed by atoms with Gasteiger partial charge in [0.1, 0.15) is 5.75 Å². The fourth-order valence-corrected chi connectivity index (χ4v) is 3.67. The molecule has 144 valence electrons. The van der Waals surface area contributed by atoms with Crippen molar-refractivity contribution < 1.29 is 9.53 Å². The van der Waals surface area contributed by atoms with Crippen molar-refractivity contribution in [2.75, 3.05) is 19.7 Å². The molecular weight excluding hydrogens is 358 g/mol. The maximum Gasteiger partial charge on any atom is 0.253 e. The van der Waals surface area contributed by atoms with E-state index in [-0.39, 0.29) is 5.91 Å². The average molecular weight is 386 g/mol. The van der Waals surface area contributed by atoms with E-state index in [0.717, 1.165) is 68.1 Å². The Labute approximate surface area is 167 Å².